The van der Waals surface area contributed by atoms with Gasteiger partial charge in [0, 0.05) is 18.1 Å². The average Bonchev–Trinajstić information content (AvgIpc) is 2.38. The van der Waals surface area contributed by atoms with Crippen LogP contribution in [-0.4, -0.2) is 21.4 Å². The van der Waals surface area contributed by atoms with Gasteiger partial charge in [0.1, 0.15) is 0 Å². The maximum absolute atomic E-state index is 12.1. The summed E-state index contributed by atoms with van der Waals surface area (Å²) in [6, 6.07) is 5.42. The van der Waals surface area contributed by atoms with E-state index >= 15 is 0 Å². The topological polar surface area (TPSA) is 80.9 Å². The predicted molar refractivity (Wildman–Crippen MR) is 75.7 cm³/mol. The van der Waals surface area contributed by atoms with Gasteiger partial charge in [0.2, 0.25) is 5.91 Å². The van der Waals surface area contributed by atoms with Crippen molar-refractivity contribution < 1.29 is 4.79 Å². The van der Waals surface area contributed by atoms with Crippen LogP contribution < -0.4 is 11.1 Å². The number of benzene rings is 1. The molecule has 0 aliphatic carbocycles. The number of nitrogens with one attached hydrogen (secondary N) is 1. The van der Waals surface area contributed by atoms with E-state index in [1.165, 1.54) is 0 Å². The van der Waals surface area contributed by atoms with E-state index in [9.17, 15) is 4.79 Å². The minimum Gasteiger partial charge on any atom is -0.324 e. The van der Waals surface area contributed by atoms with Gasteiger partial charge in [0.05, 0.1) is 16.6 Å². The van der Waals surface area contributed by atoms with Crippen LogP contribution in [0.25, 0.3) is 11.0 Å². The van der Waals surface area contributed by atoms with Gasteiger partial charge >= 0.3 is 0 Å². The van der Waals surface area contributed by atoms with Gasteiger partial charge in [-0.15, -0.1) is 0 Å². The standard InChI is InChI=1S/C14H18N4O/c1-3-6-14(2,15)13(19)18-10-4-5-11-12(9-10)17-8-7-16-11/h4-5,7-9H,3,6,15H2,1-2H3,(H,18,19). The van der Waals surface area contributed by atoms with Crippen molar-refractivity contribution in [3.05, 3.63) is 30.6 Å². The second-order valence-corrected chi connectivity index (χ2v) is 4.88. The van der Waals surface area contributed by atoms with Crippen LogP contribution in [0.3, 0.4) is 0 Å². The molecule has 0 spiro atoms. The fourth-order valence-electron chi connectivity index (χ4n) is 1.95. The van der Waals surface area contributed by atoms with Crippen molar-refractivity contribution in [2.24, 2.45) is 5.73 Å². The number of carbonyl (C=O) groups excluding carboxylic acids is 1. The van der Waals surface area contributed by atoms with Crippen LogP contribution in [0.15, 0.2) is 30.6 Å². The van der Waals surface area contributed by atoms with Gasteiger partial charge in [0.25, 0.3) is 0 Å². The van der Waals surface area contributed by atoms with Crippen molar-refractivity contribution in [1.82, 2.24) is 9.97 Å². The molecule has 1 atom stereocenters. The Morgan fingerprint density at radius 1 is 1.32 bits per heavy atom. The summed E-state index contributed by atoms with van der Waals surface area (Å²) in [6.07, 6.45) is 4.77. The first kappa shape index (κ1) is 13.4. The highest BCUT2D eigenvalue weighted by Crippen LogP contribution is 2.17. The van der Waals surface area contributed by atoms with Crippen LogP contribution in [0.2, 0.25) is 0 Å². The molecule has 0 saturated carbocycles. The van der Waals surface area contributed by atoms with E-state index in [2.05, 4.69) is 15.3 Å². The SMILES string of the molecule is CCCC(C)(N)C(=O)Nc1ccc2nccnc2c1. The van der Waals surface area contributed by atoms with Crippen LogP contribution in [0.5, 0.6) is 0 Å². The van der Waals surface area contributed by atoms with E-state index in [4.69, 9.17) is 5.73 Å². The molecule has 0 aliphatic rings. The number of rotatable bonds is 4. The molecule has 100 valence electrons. The molecule has 1 amide bonds. The summed E-state index contributed by atoms with van der Waals surface area (Å²) >= 11 is 0. The molecule has 2 aromatic rings. The normalized spacial score (nSPS) is 14.1. The van der Waals surface area contributed by atoms with Crippen molar-refractivity contribution >= 4 is 22.6 Å². The lowest BCUT2D eigenvalue weighted by atomic mass is 9.96. The van der Waals surface area contributed by atoms with E-state index in [0.717, 1.165) is 17.5 Å². The molecule has 2 rings (SSSR count). The molecule has 0 saturated heterocycles. The van der Waals surface area contributed by atoms with Gasteiger partial charge in [-0.05, 0) is 31.5 Å². The zero-order valence-corrected chi connectivity index (χ0v) is 11.2. The first-order chi connectivity index (χ1) is 9.03. The molecule has 1 unspecified atom stereocenters. The number of carbonyl (C=O) groups is 1. The fourth-order valence-corrected chi connectivity index (χ4v) is 1.95. The van der Waals surface area contributed by atoms with Crippen LogP contribution in [0, 0.1) is 0 Å². The Kier molecular flexibility index (Phi) is 3.76. The van der Waals surface area contributed by atoms with E-state index < -0.39 is 5.54 Å². The summed E-state index contributed by atoms with van der Waals surface area (Å²) in [4.78, 5) is 20.5. The molecular weight excluding hydrogens is 240 g/mol. The number of hydrogen-bond acceptors (Lipinski definition) is 4. The molecule has 3 N–H and O–H groups in total. The minimum atomic E-state index is -0.855. The summed E-state index contributed by atoms with van der Waals surface area (Å²) < 4.78 is 0. The Morgan fingerprint density at radius 3 is 2.68 bits per heavy atom. The Hall–Kier alpha value is -2.01. The van der Waals surface area contributed by atoms with Gasteiger partial charge in [-0.3, -0.25) is 14.8 Å². The number of nitrogens with two attached hydrogens (primary N) is 1. The predicted octanol–water partition coefficient (Wildman–Crippen LogP) is 2.09. The highest BCUT2D eigenvalue weighted by atomic mass is 16.2. The summed E-state index contributed by atoms with van der Waals surface area (Å²) in [5.74, 6) is -0.183. The zero-order valence-electron chi connectivity index (χ0n) is 11.2. The average molecular weight is 258 g/mol. The van der Waals surface area contributed by atoms with E-state index in [0.29, 0.717) is 12.1 Å². The lowest BCUT2D eigenvalue weighted by Gasteiger charge is -2.22. The third kappa shape index (κ3) is 3.06. The summed E-state index contributed by atoms with van der Waals surface area (Å²) in [6.45, 7) is 3.75. The number of fused-ring (bicyclic) bond motifs is 1. The molecule has 0 fully saturated rings. The largest absolute Gasteiger partial charge is 0.324 e. The quantitative estimate of drug-likeness (QED) is 0.879. The highest BCUT2D eigenvalue weighted by Gasteiger charge is 2.27. The first-order valence-electron chi connectivity index (χ1n) is 6.34. The van der Waals surface area contributed by atoms with Crippen molar-refractivity contribution in [2.75, 3.05) is 5.32 Å². The molecule has 1 aromatic heterocycles. The molecule has 0 aliphatic heterocycles. The van der Waals surface area contributed by atoms with Gasteiger partial charge in [-0.1, -0.05) is 13.3 Å². The Labute approximate surface area is 112 Å². The maximum Gasteiger partial charge on any atom is 0.244 e. The molecule has 0 bridgehead atoms. The Balaban J connectivity index is 2.19. The number of hydrogen-bond donors (Lipinski definition) is 2. The number of nitrogens with zero attached hydrogens (tertiary/aromatic N) is 2. The van der Waals surface area contributed by atoms with Gasteiger partial charge in [-0.25, -0.2) is 0 Å². The molecule has 5 nitrogen and oxygen atoms in total. The molecule has 5 heteroatoms. The molecule has 19 heavy (non-hydrogen) atoms. The smallest absolute Gasteiger partial charge is 0.244 e. The maximum atomic E-state index is 12.1. The van der Waals surface area contributed by atoms with Crippen molar-refractivity contribution in [1.29, 1.82) is 0 Å². The molecular formula is C14H18N4O. The molecule has 0 radical (unpaired) electrons. The zero-order chi connectivity index (χ0) is 13.9. The van der Waals surface area contributed by atoms with E-state index in [-0.39, 0.29) is 5.91 Å². The van der Waals surface area contributed by atoms with Gasteiger partial charge in [0.15, 0.2) is 0 Å². The first-order valence-corrected chi connectivity index (χ1v) is 6.34. The van der Waals surface area contributed by atoms with Crippen LogP contribution in [0.4, 0.5) is 5.69 Å². The van der Waals surface area contributed by atoms with Crippen LogP contribution >= 0.6 is 0 Å². The summed E-state index contributed by atoms with van der Waals surface area (Å²) in [5, 5.41) is 2.83. The molecule has 1 aromatic carbocycles. The molecule has 1 heterocycles. The van der Waals surface area contributed by atoms with Crippen molar-refractivity contribution in [3.8, 4) is 0 Å². The minimum absolute atomic E-state index is 0.183. The van der Waals surface area contributed by atoms with Crippen LogP contribution in [0.1, 0.15) is 26.7 Å². The second kappa shape index (κ2) is 5.32. The second-order valence-electron chi connectivity index (χ2n) is 4.88. The fraction of sp³-hybridized carbons (Fsp3) is 0.357. The van der Waals surface area contributed by atoms with Crippen LogP contribution in [-0.2, 0) is 4.79 Å². The van der Waals surface area contributed by atoms with E-state index in [1.54, 1.807) is 31.5 Å². The van der Waals surface area contributed by atoms with Crippen molar-refractivity contribution in [2.45, 2.75) is 32.2 Å². The lowest BCUT2D eigenvalue weighted by molar-refractivity contribution is -0.120. The lowest BCUT2D eigenvalue weighted by Crippen LogP contribution is -2.48. The summed E-state index contributed by atoms with van der Waals surface area (Å²) in [5.41, 5.74) is 7.36. The van der Waals surface area contributed by atoms with Crippen molar-refractivity contribution in [3.63, 3.8) is 0 Å². The monoisotopic (exact) mass is 258 g/mol. The Bertz CT molecular complexity index is 595. The highest BCUT2D eigenvalue weighted by molar-refractivity contribution is 5.98. The number of aromatic nitrogens is 2. The van der Waals surface area contributed by atoms with Gasteiger partial charge in [-0.2, -0.15) is 0 Å². The number of anilines is 1. The number of amides is 1. The van der Waals surface area contributed by atoms with Gasteiger partial charge < -0.3 is 11.1 Å². The van der Waals surface area contributed by atoms with E-state index in [1.807, 2.05) is 13.0 Å². The third-order valence-corrected chi connectivity index (χ3v) is 3.02. The summed E-state index contributed by atoms with van der Waals surface area (Å²) in [7, 11) is 0. The Morgan fingerprint density at radius 2 is 2.00 bits per heavy atom. The third-order valence-electron chi connectivity index (χ3n) is 3.02.